The first-order valence-electron chi connectivity index (χ1n) is 9.27. The van der Waals surface area contributed by atoms with Crippen LogP contribution in [0.25, 0.3) is 10.2 Å². The molecule has 4 heterocycles. The van der Waals surface area contributed by atoms with E-state index < -0.39 is 5.97 Å². The van der Waals surface area contributed by atoms with Crippen LogP contribution in [0.3, 0.4) is 0 Å². The second-order valence-electron chi connectivity index (χ2n) is 6.89. The van der Waals surface area contributed by atoms with Crippen molar-refractivity contribution >= 4 is 50.5 Å². The number of aryl methyl sites for hydroxylation is 1. The number of carbonyl (C=O) groups excluding carboxylic acids is 2. The summed E-state index contributed by atoms with van der Waals surface area (Å²) >= 11 is 2.62. The van der Waals surface area contributed by atoms with Gasteiger partial charge in [0.05, 0.1) is 24.1 Å². The Labute approximate surface area is 185 Å². The predicted octanol–water partition coefficient (Wildman–Crippen LogP) is 3.72. The van der Waals surface area contributed by atoms with Crippen molar-refractivity contribution in [3.8, 4) is 0 Å². The first-order chi connectivity index (χ1) is 15.0. The summed E-state index contributed by atoms with van der Waals surface area (Å²) in [7, 11) is 3.26. The summed E-state index contributed by atoms with van der Waals surface area (Å²) in [6, 6.07) is 5.46. The molecule has 4 aromatic rings. The normalized spacial score (nSPS) is 11.2. The number of aromatic nitrogens is 3. The number of methoxy groups -OCH3 is 1. The third-order valence-electron chi connectivity index (χ3n) is 4.60. The fourth-order valence-corrected chi connectivity index (χ4v) is 4.73. The molecule has 0 spiro atoms. The molecule has 0 unspecified atom stereocenters. The van der Waals surface area contributed by atoms with Crippen LogP contribution in [0.1, 0.15) is 37.1 Å². The Balaban J connectivity index is 1.61. The smallest absolute Gasteiger partial charge is 0.350 e. The molecule has 0 aliphatic carbocycles. The van der Waals surface area contributed by atoms with Crippen molar-refractivity contribution in [2.75, 3.05) is 19.5 Å². The van der Waals surface area contributed by atoms with Crippen molar-refractivity contribution < 1.29 is 19.0 Å². The zero-order valence-electron chi connectivity index (χ0n) is 17.0. The van der Waals surface area contributed by atoms with E-state index in [2.05, 4.69) is 15.6 Å². The van der Waals surface area contributed by atoms with Crippen LogP contribution >= 0.6 is 22.7 Å². The number of hydrogen-bond acceptors (Lipinski definition) is 10. The second kappa shape index (κ2) is 8.92. The molecule has 0 saturated carbocycles. The van der Waals surface area contributed by atoms with E-state index in [1.165, 1.54) is 29.8 Å². The molecule has 0 bridgehead atoms. The van der Waals surface area contributed by atoms with Gasteiger partial charge in [-0.2, -0.15) is 11.3 Å². The zero-order valence-corrected chi connectivity index (χ0v) is 18.7. The Morgan fingerprint density at radius 2 is 2.06 bits per heavy atom. The third kappa shape index (κ3) is 4.48. The van der Waals surface area contributed by atoms with Gasteiger partial charge in [-0.25, -0.2) is 14.4 Å². The van der Waals surface area contributed by atoms with Crippen LogP contribution in [0, 0.1) is 6.92 Å². The van der Waals surface area contributed by atoms with Gasteiger partial charge >= 0.3 is 5.97 Å². The summed E-state index contributed by atoms with van der Waals surface area (Å²) in [4.78, 5) is 32.6. The highest BCUT2D eigenvalue weighted by Gasteiger charge is 2.22. The SMILES string of the molecule is COC(=O)c1sc2nc(CN(C)Cc3nonc3C)ccc2c1NC(=O)c1ccsc1. The fourth-order valence-electron chi connectivity index (χ4n) is 3.03. The minimum atomic E-state index is -0.517. The largest absolute Gasteiger partial charge is 0.465 e. The van der Waals surface area contributed by atoms with Crippen molar-refractivity contribution in [3.05, 3.63) is 56.5 Å². The maximum Gasteiger partial charge on any atom is 0.350 e. The molecule has 0 fully saturated rings. The van der Waals surface area contributed by atoms with E-state index in [-0.39, 0.29) is 5.91 Å². The number of nitrogens with zero attached hydrogens (tertiary/aromatic N) is 4. The lowest BCUT2D eigenvalue weighted by Crippen LogP contribution is -2.18. The molecule has 0 atom stereocenters. The molecule has 4 aromatic heterocycles. The van der Waals surface area contributed by atoms with Gasteiger partial charge in [0.2, 0.25) is 0 Å². The number of nitrogens with one attached hydrogen (secondary N) is 1. The number of ether oxygens (including phenoxy) is 1. The lowest BCUT2D eigenvalue weighted by molar-refractivity contribution is 0.0607. The topological polar surface area (TPSA) is 110 Å². The van der Waals surface area contributed by atoms with E-state index in [0.717, 1.165) is 17.1 Å². The van der Waals surface area contributed by atoms with Crippen LogP contribution in [0.2, 0.25) is 0 Å². The number of hydrogen-bond donors (Lipinski definition) is 1. The quantitative estimate of drug-likeness (QED) is 0.418. The molecule has 1 amide bonds. The number of amides is 1. The minimum absolute atomic E-state index is 0.286. The van der Waals surface area contributed by atoms with Crippen molar-refractivity contribution in [1.29, 1.82) is 0 Å². The molecule has 1 N–H and O–H groups in total. The fraction of sp³-hybridized carbons (Fsp3) is 0.250. The van der Waals surface area contributed by atoms with Gasteiger partial charge in [0.25, 0.3) is 5.91 Å². The highest BCUT2D eigenvalue weighted by atomic mass is 32.1. The van der Waals surface area contributed by atoms with Crippen molar-refractivity contribution in [3.63, 3.8) is 0 Å². The highest BCUT2D eigenvalue weighted by Crippen LogP contribution is 2.36. The van der Waals surface area contributed by atoms with Crippen LogP contribution in [-0.4, -0.2) is 46.2 Å². The monoisotopic (exact) mass is 457 g/mol. The van der Waals surface area contributed by atoms with E-state index in [4.69, 9.17) is 14.3 Å². The minimum Gasteiger partial charge on any atom is -0.465 e. The number of anilines is 1. The molecular weight excluding hydrogens is 438 g/mol. The summed E-state index contributed by atoms with van der Waals surface area (Å²) < 4.78 is 9.65. The van der Waals surface area contributed by atoms with Gasteiger partial charge < -0.3 is 10.1 Å². The number of esters is 1. The van der Waals surface area contributed by atoms with E-state index >= 15 is 0 Å². The number of thiophene rings is 2. The van der Waals surface area contributed by atoms with Crippen LogP contribution < -0.4 is 5.32 Å². The van der Waals surface area contributed by atoms with Gasteiger partial charge in [-0.15, -0.1) is 11.3 Å². The average Bonchev–Trinajstić information content (AvgIpc) is 3.49. The summed E-state index contributed by atoms with van der Waals surface area (Å²) in [6.07, 6.45) is 0. The Morgan fingerprint density at radius 3 is 2.74 bits per heavy atom. The van der Waals surface area contributed by atoms with Gasteiger partial charge in [0.1, 0.15) is 21.1 Å². The molecule has 31 heavy (non-hydrogen) atoms. The van der Waals surface area contributed by atoms with Crippen molar-refractivity contribution in [1.82, 2.24) is 20.2 Å². The number of carbonyl (C=O) groups is 2. The number of pyridine rings is 1. The lowest BCUT2D eigenvalue weighted by atomic mass is 10.2. The molecule has 9 nitrogen and oxygen atoms in total. The highest BCUT2D eigenvalue weighted by molar-refractivity contribution is 7.21. The zero-order chi connectivity index (χ0) is 22.0. The maximum atomic E-state index is 12.6. The van der Waals surface area contributed by atoms with Gasteiger partial charge in [-0.05, 0) is 37.6 Å². The Morgan fingerprint density at radius 1 is 1.23 bits per heavy atom. The third-order valence-corrected chi connectivity index (χ3v) is 6.37. The maximum absolute atomic E-state index is 12.6. The molecule has 0 radical (unpaired) electrons. The number of rotatable bonds is 7. The van der Waals surface area contributed by atoms with E-state index in [1.54, 1.807) is 11.4 Å². The molecular formula is C20H19N5O4S2. The van der Waals surface area contributed by atoms with Gasteiger partial charge in [-0.1, -0.05) is 10.3 Å². The van der Waals surface area contributed by atoms with Crippen molar-refractivity contribution in [2.45, 2.75) is 20.0 Å². The standard InChI is InChI=1S/C20H19N5O4S2/c1-11-15(24-29-23-11)9-25(2)8-13-4-5-14-16(22-18(26)12-6-7-30-10-12)17(20(27)28-3)31-19(14)21-13/h4-7,10H,8-9H2,1-3H3,(H,22,26). The van der Waals surface area contributed by atoms with Crippen LogP contribution in [-0.2, 0) is 17.8 Å². The first kappa shape index (κ1) is 21.1. The molecule has 0 aliphatic heterocycles. The summed E-state index contributed by atoms with van der Waals surface area (Å²) in [6.45, 7) is 2.97. The van der Waals surface area contributed by atoms with Crippen LogP contribution in [0.15, 0.2) is 33.6 Å². The number of fused-ring (bicyclic) bond motifs is 1. The Hall–Kier alpha value is -3.15. The summed E-state index contributed by atoms with van der Waals surface area (Å²) in [5.41, 5.74) is 3.29. The molecule has 0 aliphatic rings. The van der Waals surface area contributed by atoms with Gasteiger partial charge in [0, 0.05) is 23.9 Å². The van der Waals surface area contributed by atoms with E-state index in [9.17, 15) is 9.59 Å². The van der Waals surface area contributed by atoms with Crippen LogP contribution in [0.4, 0.5) is 5.69 Å². The summed E-state index contributed by atoms with van der Waals surface area (Å²) in [5.74, 6) is -0.803. The van der Waals surface area contributed by atoms with Gasteiger partial charge in [-0.3, -0.25) is 9.69 Å². The molecule has 160 valence electrons. The van der Waals surface area contributed by atoms with E-state index in [1.807, 2.05) is 36.4 Å². The van der Waals surface area contributed by atoms with Crippen LogP contribution in [0.5, 0.6) is 0 Å². The first-order valence-corrected chi connectivity index (χ1v) is 11.0. The Kier molecular flexibility index (Phi) is 6.07. The summed E-state index contributed by atoms with van der Waals surface area (Å²) in [5, 5.41) is 14.8. The average molecular weight is 458 g/mol. The molecule has 4 rings (SSSR count). The lowest BCUT2D eigenvalue weighted by Gasteiger charge is -2.14. The Bertz CT molecular complexity index is 1230. The molecule has 0 aromatic carbocycles. The van der Waals surface area contributed by atoms with Crippen molar-refractivity contribution in [2.24, 2.45) is 0 Å². The van der Waals surface area contributed by atoms with E-state index in [0.29, 0.717) is 39.4 Å². The molecule has 0 saturated heterocycles. The van der Waals surface area contributed by atoms with Gasteiger partial charge in [0.15, 0.2) is 0 Å². The second-order valence-corrected chi connectivity index (χ2v) is 8.67. The molecule has 11 heteroatoms. The predicted molar refractivity (Wildman–Crippen MR) is 117 cm³/mol.